The van der Waals surface area contributed by atoms with Gasteiger partial charge in [0.1, 0.15) is 11.8 Å². The zero-order valence-electron chi connectivity index (χ0n) is 6.25. The second kappa shape index (κ2) is 2.73. The third kappa shape index (κ3) is 1.18. The van der Waals surface area contributed by atoms with Crippen molar-refractivity contribution < 1.29 is 5.11 Å². The predicted octanol–water partition coefficient (Wildman–Crippen LogP) is 1.88. The molecule has 1 heterocycles. The summed E-state index contributed by atoms with van der Waals surface area (Å²) in [6, 6.07) is 6.77. The normalized spacial score (nSPS) is 20.2. The van der Waals surface area contributed by atoms with E-state index < -0.39 is 0 Å². The summed E-state index contributed by atoms with van der Waals surface area (Å²) in [5.74, 6) is 0.255. The molecule has 1 N–H and O–H groups in total. The molecule has 1 aromatic carbocycles. The number of benzene rings is 1. The molecule has 0 radical (unpaired) electrons. The van der Waals surface area contributed by atoms with Gasteiger partial charge in [0, 0.05) is 0 Å². The molecule has 4 nitrogen and oxygen atoms in total. The van der Waals surface area contributed by atoms with Crippen LogP contribution in [0.15, 0.2) is 39.7 Å². The molecule has 12 heavy (non-hydrogen) atoms. The Labute approximate surface area is 69.3 Å². The fourth-order valence-electron chi connectivity index (χ4n) is 1.03. The minimum Gasteiger partial charge on any atom is -0.508 e. The van der Waals surface area contributed by atoms with Gasteiger partial charge in [-0.2, -0.15) is 5.11 Å². The number of hydrogen-bond acceptors (Lipinski definition) is 4. The van der Waals surface area contributed by atoms with Crippen molar-refractivity contribution in [3.63, 3.8) is 0 Å². The Morgan fingerprint density at radius 2 is 1.92 bits per heavy atom. The molecule has 0 amide bonds. The van der Waals surface area contributed by atoms with E-state index >= 15 is 0 Å². The summed E-state index contributed by atoms with van der Waals surface area (Å²) in [4.78, 5) is 0. The van der Waals surface area contributed by atoms with Crippen LogP contribution in [0.25, 0.3) is 0 Å². The van der Waals surface area contributed by atoms with Gasteiger partial charge in [0.2, 0.25) is 0 Å². The molecule has 60 valence electrons. The van der Waals surface area contributed by atoms with Crippen molar-refractivity contribution in [2.45, 2.75) is 6.04 Å². The van der Waals surface area contributed by atoms with E-state index in [9.17, 15) is 0 Å². The van der Waals surface area contributed by atoms with Gasteiger partial charge in [0.25, 0.3) is 0 Å². The van der Waals surface area contributed by atoms with Crippen LogP contribution in [-0.2, 0) is 0 Å². The van der Waals surface area contributed by atoms with Crippen molar-refractivity contribution in [1.82, 2.24) is 0 Å². The van der Waals surface area contributed by atoms with Gasteiger partial charge in [-0.05, 0) is 22.9 Å². The van der Waals surface area contributed by atoms with Crippen molar-refractivity contribution >= 4 is 6.21 Å². The molecule has 1 aliphatic rings. The van der Waals surface area contributed by atoms with Crippen LogP contribution in [0.2, 0.25) is 0 Å². The second-order valence-electron chi connectivity index (χ2n) is 2.51. The molecule has 0 fully saturated rings. The molecular weight excluding hydrogens is 154 g/mol. The van der Waals surface area contributed by atoms with Crippen LogP contribution in [0.5, 0.6) is 5.75 Å². The summed E-state index contributed by atoms with van der Waals surface area (Å²) in [6.45, 7) is 0. The van der Waals surface area contributed by atoms with Crippen LogP contribution >= 0.6 is 0 Å². The van der Waals surface area contributed by atoms with Crippen molar-refractivity contribution in [2.75, 3.05) is 0 Å². The Bertz CT molecular complexity index is 317. The van der Waals surface area contributed by atoms with Gasteiger partial charge in [-0.25, -0.2) is 0 Å². The van der Waals surface area contributed by atoms with Crippen LogP contribution in [0.1, 0.15) is 11.6 Å². The third-order valence-corrected chi connectivity index (χ3v) is 1.67. The van der Waals surface area contributed by atoms with Crippen molar-refractivity contribution in [3.8, 4) is 5.75 Å². The van der Waals surface area contributed by atoms with E-state index in [-0.39, 0.29) is 11.8 Å². The Kier molecular flexibility index (Phi) is 1.59. The maximum absolute atomic E-state index is 9.01. The molecule has 1 aromatic rings. The highest BCUT2D eigenvalue weighted by Crippen LogP contribution is 2.21. The average Bonchev–Trinajstić information content (AvgIpc) is 2.58. The number of phenols is 1. The van der Waals surface area contributed by atoms with Crippen LogP contribution in [0.4, 0.5) is 0 Å². The Balaban J connectivity index is 2.29. The minimum atomic E-state index is -0.0781. The van der Waals surface area contributed by atoms with E-state index in [0.717, 1.165) is 5.56 Å². The summed E-state index contributed by atoms with van der Waals surface area (Å²) in [7, 11) is 0. The van der Waals surface area contributed by atoms with E-state index in [1.54, 1.807) is 30.5 Å². The van der Waals surface area contributed by atoms with Gasteiger partial charge in [-0.15, -0.1) is 5.10 Å². The number of hydrogen-bond donors (Lipinski definition) is 1. The van der Waals surface area contributed by atoms with E-state index in [1.165, 1.54) is 0 Å². The average molecular weight is 161 g/mol. The molecule has 1 aliphatic heterocycles. The molecule has 0 saturated heterocycles. The maximum Gasteiger partial charge on any atom is 0.135 e. The van der Waals surface area contributed by atoms with E-state index in [0.29, 0.717) is 0 Å². The fourth-order valence-corrected chi connectivity index (χ4v) is 1.03. The molecule has 1 unspecified atom stereocenters. The molecule has 0 aromatic heterocycles. The predicted molar refractivity (Wildman–Crippen MR) is 44.2 cm³/mol. The highest BCUT2D eigenvalue weighted by atomic mass is 16.3. The zero-order chi connectivity index (χ0) is 8.39. The summed E-state index contributed by atoms with van der Waals surface area (Å²) in [5.41, 5.74) is 0.984. The van der Waals surface area contributed by atoms with E-state index in [1.807, 2.05) is 0 Å². The molecule has 1 atom stereocenters. The molecule has 2 rings (SSSR count). The zero-order valence-corrected chi connectivity index (χ0v) is 6.25. The lowest BCUT2D eigenvalue weighted by molar-refractivity contribution is 0.475. The number of aromatic hydroxyl groups is 1. The lowest BCUT2D eigenvalue weighted by Crippen LogP contribution is -1.91. The van der Waals surface area contributed by atoms with Crippen LogP contribution in [0.3, 0.4) is 0 Å². The SMILES string of the molecule is Oc1ccc(C2C=NN=N2)cc1. The third-order valence-electron chi connectivity index (χ3n) is 1.67. The van der Waals surface area contributed by atoms with Gasteiger partial charge in [-0.1, -0.05) is 12.1 Å². The fraction of sp³-hybridized carbons (Fsp3) is 0.125. The smallest absolute Gasteiger partial charge is 0.135 e. The molecule has 0 saturated carbocycles. The summed E-state index contributed by atoms with van der Waals surface area (Å²) >= 11 is 0. The first kappa shape index (κ1) is 6.97. The second-order valence-corrected chi connectivity index (χ2v) is 2.51. The lowest BCUT2D eigenvalue weighted by atomic mass is 10.1. The number of phenolic OH excluding ortho intramolecular Hbond substituents is 1. The van der Waals surface area contributed by atoms with Crippen molar-refractivity contribution in [2.24, 2.45) is 15.4 Å². The lowest BCUT2D eigenvalue weighted by Gasteiger charge is -2.00. The first-order valence-electron chi connectivity index (χ1n) is 3.58. The Morgan fingerprint density at radius 3 is 2.50 bits per heavy atom. The largest absolute Gasteiger partial charge is 0.508 e. The minimum absolute atomic E-state index is 0.0781. The Hall–Kier alpha value is -1.71. The molecule has 0 bridgehead atoms. The topological polar surface area (TPSA) is 57.3 Å². The van der Waals surface area contributed by atoms with E-state index in [4.69, 9.17) is 5.11 Å². The number of nitrogens with zero attached hydrogens (tertiary/aromatic N) is 3. The van der Waals surface area contributed by atoms with Crippen LogP contribution < -0.4 is 0 Å². The van der Waals surface area contributed by atoms with Gasteiger partial charge in [0.15, 0.2) is 0 Å². The molecule has 4 heteroatoms. The summed E-state index contributed by atoms with van der Waals surface area (Å²) in [5, 5.41) is 20.0. The summed E-state index contributed by atoms with van der Waals surface area (Å²) in [6.07, 6.45) is 1.66. The highest BCUT2D eigenvalue weighted by Gasteiger charge is 2.09. The first-order chi connectivity index (χ1) is 5.86. The van der Waals surface area contributed by atoms with Crippen molar-refractivity contribution in [3.05, 3.63) is 29.8 Å². The molecule has 0 spiro atoms. The number of rotatable bonds is 1. The van der Waals surface area contributed by atoms with Crippen molar-refractivity contribution in [1.29, 1.82) is 0 Å². The first-order valence-corrected chi connectivity index (χ1v) is 3.58. The van der Waals surface area contributed by atoms with Gasteiger partial charge < -0.3 is 5.11 Å². The molecular formula is C8H7N3O. The summed E-state index contributed by atoms with van der Waals surface area (Å²) < 4.78 is 0. The standard InChI is InChI=1S/C8H7N3O/c12-7-3-1-6(2-4-7)8-5-9-11-10-8/h1-5,8,12H. The monoisotopic (exact) mass is 161 g/mol. The van der Waals surface area contributed by atoms with Crippen LogP contribution in [-0.4, -0.2) is 11.3 Å². The Morgan fingerprint density at radius 1 is 1.17 bits per heavy atom. The van der Waals surface area contributed by atoms with Crippen LogP contribution in [0, 0.1) is 0 Å². The quantitative estimate of drug-likeness (QED) is 0.671. The highest BCUT2D eigenvalue weighted by molar-refractivity contribution is 5.68. The van der Waals surface area contributed by atoms with E-state index in [2.05, 4.69) is 15.4 Å². The maximum atomic E-state index is 9.01. The van der Waals surface area contributed by atoms with Gasteiger partial charge >= 0.3 is 0 Å². The molecule has 0 aliphatic carbocycles. The van der Waals surface area contributed by atoms with Gasteiger partial charge in [0.05, 0.1) is 6.21 Å². The van der Waals surface area contributed by atoms with Gasteiger partial charge in [-0.3, -0.25) is 0 Å².